The molecule has 1 rings (SSSR count). The molecule has 1 saturated heterocycles. The summed E-state index contributed by atoms with van der Waals surface area (Å²) in [6.45, 7) is 0.858. The largest absolute Gasteiger partial charge is 1.00 e. The third-order valence-corrected chi connectivity index (χ3v) is 1.39. The summed E-state index contributed by atoms with van der Waals surface area (Å²) in [6, 6.07) is -0.269. The van der Waals surface area contributed by atoms with Crippen molar-refractivity contribution < 1.29 is 39.0 Å². The van der Waals surface area contributed by atoms with Crippen molar-refractivity contribution in [2.75, 3.05) is 6.54 Å². The smallest absolute Gasteiger partial charge is 0.635 e. The van der Waals surface area contributed by atoms with Crippen LogP contribution in [0, 0.1) is 4.91 Å². The molecule has 0 aromatic rings. The maximum atomic E-state index is 10.1. The third-order valence-electron chi connectivity index (χ3n) is 1.39. The zero-order chi connectivity index (χ0) is 9.40. The van der Waals surface area contributed by atoms with Crippen LogP contribution in [0.5, 0.6) is 0 Å². The fourth-order valence-electron chi connectivity index (χ4n) is 0.895. The molecule has 2 N–H and O–H groups in total. The number of hydrogen-bond donors (Lipinski definition) is 2. The van der Waals surface area contributed by atoms with Crippen LogP contribution in [-0.2, 0) is 9.78 Å². The Balaban J connectivity index is 0. The number of carboxylic acid groups (broad SMARTS) is 1. The van der Waals surface area contributed by atoms with E-state index < -0.39 is 5.97 Å². The normalized spacial score (nSPS) is 19.0. The Morgan fingerprint density at radius 2 is 2.23 bits per heavy atom. The van der Waals surface area contributed by atoms with Crippen LogP contribution in [0.3, 0.4) is 0 Å². The van der Waals surface area contributed by atoms with Gasteiger partial charge in [-0.3, -0.25) is 4.79 Å². The van der Waals surface area contributed by atoms with E-state index in [2.05, 4.69) is 10.3 Å². The molecule has 70 valence electrons. The van der Waals surface area contributed by atoms with Crippen LogP contribution < -0.4 is 29.4 Å². The van der Waals surface area contributed by atoms with E-state index in [4.69, 9.17) is 15.3 Å². The zero-order valence-corrected chi connectivity index (χ0v) is 7.23. The Kier molecular flexibility index (Phi) is 10.9. The quantitative estimate of drug-likeness (QED) is 0.195. The van der Waals surface area contributed by atoms with Gasteiger partial charge in [0.15, 0.2) is 0 Å². The van der Waals surface area contributed by atoms with Gasteiger partial charge < -0.3 is 20.7 Å². The van der Waals surface area contributed by atoms with Gasteiger partial charge in [-0.1, -0.05) is 0 Å². The average molecular weight is 184 g/mol. The van der Waals surface area contributed by atoms with Crippen molar-refractivity contribution >= 4 is 5.97 Å². The zero-order valence-electron chi connectivity index (χ0n) is 7.23. The Hall–Kier alpha value is -0.613. The van der Waals surface area contributed by atoms with Gasteiger partial charge in [-0.2, -0.15) is 0 Å². The van der Waals surface area contributed by atoms with E-state index in [1.807, 2.05) is 0 Å². The van der Waals surface area contributed by atoms with E-state index in [1.165, 1.54) is 5.34 Å². The van der Waals surface area contributed by atoms with Gasteiger partial charge >= 0.3 is 24.8 Å². The second-order valence-corrected chi connectivity index (χ2v) is 2.14. The molecule has 13 heavy (non-hydrogen) atoms. The predicted molar refractivity (Wildman–Crippen MR) is 35.5 cm³/mol. The van der Waals surface area contributed by atoms with Gasteiger partial charge in [0.25, 0.3) is 0 Å². The SMILES string of the molecule is O=C(O)[C@@H]1CCCN1.O=NO[O-].[Li+]. The van der Waals surface area contributed by atoms with E-state index >= 15 is 0 Å². The van der Waals surface area contributed by atoms with Gasteiger partial charge in [0.2, 0.25) is 0 Å². The molecule has 0 aromatic heterocycles. The van der Waals surface area contributed by atoms with Crippen LogP contribution in [0.4, 0.5) is 0 Å². The molecule has 7 nitrogen and oxygen atoms in total. The maximum absolute atomic E-state index is 10.1. The summed E-state index contributed by atoms with van der Waals surface area (Å²) in [6.07, 6.45) is 1.78. The summed E-state index contributed by atoms with van der Waals surface area (Å²) in [5.74, 6) is -0.720. The summed E-state index contributed by atoms with van der Waals surface area (Å²) in [5.41, 5.74) is 0. The number of carbonyl (C=O) groups is 1. The molecule has 1 fully saturated rings. The molecule has 0 amide bonds. The summed E-state index contributed by atoms with van der Waals surface area (Å²) in [5, 5.41) is 21.0. The van der Waals surface area contributed by atoms with Crippen molar-refractivity contribution in [3.05, 3.63) is 4.91 Å². The Bertz CT molecular complexity index is 150. The van der Waals surface area contributed by atoms with Gasteiger partial charge in [0.05, 0.1) is 0 Å². The standard InChI is InChI=1S/C5H9NO2.Li.HNO3/c7-5(8)4-2-1-3-6-4;;2-1-4-3/h4,6H,1-3H2,(H,7,8);;3H/q;+1;/p-1/t4-;;/m0../s1. The Morgan fingerprint density at radius 3 is 2.38 bits per heavy atom. The molecule has 0 saturated carbocycles. The van der Waals surface area contributed by atoms with E-state index in [-0.39, 0.29) is 24.9 Å². The molecule has 0 radical (unpaired) electrons. The number of aliphatic carboxylic acids is 1. The van der Waals surface area contributed by atoms with Crippen molar-refractivity contribution in [2.45, 2.75) is 18.9 Å². The van der Waals surface area contributed by atoms with Crippen molar-refractivity contribution in [1.29, 1.82) is 0 Å². The van der Waals surface area contributed by atoms with E-state index in [1.54, 1.807) is 0 Å². The minimum absolute atomic E-state index is 0. The molecule has 1 aliphatic heterocycles. The van der Waals surface area contributed by atoms with E-state index in [0.29, 0.717) is 0 Å². The van der Waals surface area contributed by atoms with Gasteiger partial charge in [-0.05, 0) is 19.4 Å². The molecule has 1 heterocycles. The molecule has 0 aromatic carbocycles. The molecular weight excluding hydrogens is 175 g/mol. The molecule has 0 unspecified atom stereocenters. The molecule has 1 aliphatic rings. The van der Waals surface area contributed by atoms with Crippen molar-refractivity contribution in [1.82, 2.24) is 5.32 Å². The predicted octanol–water partition coefficient (Wildman–Crippen LogP) is -4.21. The van der Waals surface area contributed by atoms with Gasteiger partial charge in [-0.15, -0.1) is 4.91 Å². The summed E-state index contributed by atoms with van der Waals surface area (Å²) < 4.78 is 0. The number of nitrogens with one attached hydrogen (secondary N) is 1. The van der Waals surface area contributed by atoms with Crippen molar-refractivity contribution in [3.8, 4) is 0 Å². The summed E-state index contributed by atoms with van der Waals surface area (Å²) in [7, 11) is 0. The molecule has 0 bridgehead atoms. The summed E-state index contributed by atoms with van der Waals surface area (Å²) in [4.78, 5) is 20.9. The van der Waals surface area contributed by atoms with Crippen LogP contribution in [0.25, 0.3) is 0 Å². The van der Waals surface area contributed by atoms with Gasteiger partial charge in [0.1, 0.15) is 11.4 Å². The summed E-state index contributed by atoms with van der Waals surface area (Å²) >= 11 is 0. The van der Waals surface area contributed by atoms with Crippen LogP contribution in [0.15, 0.2) is 5.34 Å². The Labute approximate surface area is 86.5 Å². The average Bonchev–Trinajstić information content (AvgIpc) is 2.57. The van der Waals surface area contributed by atoms with Crippen LogP contribution >= 0.6 is 0 Å². The van der Waals surface area contributed by atoms with E-state index in [9.17, 15) is 4.79 Å². The third kappa shape index (κ3) is 7.74. The number of nitrogens with zero attached hydrogens (tertiary/aromatic N) is 1. The van der Waals surface area contributed by atoms with E-state index in [0.717, 1.165) is 19.4 Å². The molecule has 8 heteroatoms. The monoisotopic (exact) mass is 184 g/mol. The molecule has 0 aliphatic carbocycles. The number of rotatable bonds is 2. The first kappa shape index (κ1) is 14.9. The topological polar surface area (TPSA) is 111 Å². The fraction of sp³-hybridized carbons (Fsp3) is 0.800. The maximum Gasteiger partial charge on any atom is 1.00 e. The molecular formula is C5H9LiN2O5. The fourth-order valence-corrected chi connectivity index (χ4v) is 0.895. The number of hydrogen-bond acceptors (Lipinski definition) is 6. The second-order valence-electron chi connectivity index (χ2n) is 2.14. The molecule has 0 spiro atoms. The Morgan fingerprint density at radius 1 is 1.69 bits per heavy atom. The van der Waals surface area contributed by atoms with Crippen LogP contribution in [0.2, 0.25) is 0 Å². The van der Waals surface area contributed by atoms with Crippen LogP contribution in [-0.4, -0.2) is 23.7 Å². The number of carboxylic acids is 1. The van der Waals surface area contributed by atoms with Crippen molar-refractivity contribution in [3.63, 3.8) is 0 Å². The van der Waals surface area contributed by atoms with Gasteiger partial charge in [-0.25, -0.2) is 0 Å². The minimum Gasteiger partial charge on any atom is -0.635 e. The van der Waals surface area contributed by atoms with Gasteiger partial charge in [0, 0.05) is 0 Å². The van der Waals surface area contributed by atoms with Crippen molar-refractivity contribution in [2.24, 2.45) is 5.34 Å². The van der Waals surface area contributed by atoms with Crippen LogP contribution in [0.1, 0.15) is 12.8 Å². The second kappa shape index (κ2) is 9.48. The first-order valence-electron chi connectivity index (χ1n) is 3.30. The minimum atomic E-state index is -0.720. The first-order valence-corrected chi connectivity index (χ1v) is 3.30. The first-order chi connectivity index (χ1) is 5.72. The molecule has 1 atom stereocenters.